The minimum Gasteiger partial charge on any atom is -0.497 e. The predicted molar refractivity (Wildman–Crippen MR) is 144 cm³/mol. The number of carbonyl (C=O) groups is 1. The lowest BCUT2D eigenvalue weighted by atomic mass is 10.1. The smallest absolute Gasteiger partial charge is 0.276 e. The van der Waals surface area contributed by atoms with Gasteiger partial charge in [0.25, 0.3) is 5.91 Å². The predicted octanol–water partition coefficient (Wildman–Crippen LogP) is 4.23. The molecule has 190 valence electrons. The fourth-order valence-corrected chi connectivity index (χ4v) is 4.53. The Balaban J connectivity index is 1.36. The second-order valence-electron chi connectivity index (χ2n) is 8.65. The molecule has 0 saturated carbocycles. The van der Waals surface area contributed by atoms with E-state index in [9.17, 15) is 4.79 Å². The normalized spacial score (nSPS) is 13.4. The third-order valence-corrected chi connectivity index (χ3v) is 6.51. The van der Waals surface area contributed by atoms with Crippen LogP contribution < -0.4 is 29.3 Å². The van der Waals surface area contributed by atoms with Crippen LogP contribution in [0, 0.1) is 0 Å². The van der Waals surface area contributed by atoms with Crippen molar-refractivity contribution in [2.24, 2.45) is 0 Å². The molecule has 4 aromatic rings. The van der Waals surface area contributed by atoms with Crippen LogP contribution in [0.15, 0.2) is 66.7 Å². The van der Waals surface area contributed by atoms with E-state index in [1.165, 1.54) is 0 Å². The van der Waals surface area contributed by atoms with Crippen molar-refractivity contribution >= 4 is 33.9 Å². The van der Waals surface area contributed by atoms with Gasteiger partial charge >= 0.3 is 0 Å². The average molecular weight is 500 g/mol. The molecule has 1 N–H and O–H groups in total. The van der Waals surface area contributed by atoms with E-state index >= 15 is 0 Å². The van der Waals surface area contributed by atoms with Crippen LogP contribution in [0.1, 0.15) is 10.5 Å². The number of methoxy groups -OCH3 is 3. The van der Waals surface area contributed by atoms with Crippen molar-refractivity contribution in [1.82, 2.24) is 10.2 Å². The third kappa shape index (κ3) is 5.06. The Labute approximate surface area is 215 Å². The maximum Gasteiger partial charge on any atom is 0.276 e. The summed E-state index contributed by atoms with van der Waals surface area (Å²) in [5, 5.41) is 13.4. The van der Waals surface area contributed by atoms with E-state index in [0.29, 0.717) is 17.2 Å². The number of aromatic nitrogens is 2. The number of piperazine rings is 1. The highest BCUT2D eigenvalue weighted by Gasteiger charge is 2.23. The Hall–Kier alpha value is -4.53. The maximum atomic E-state index is 13.2. The first-order chi connectivity index (χ1) is 18.1. The van der Waals surface area contributed by atoms with Crippen molar-refractivity contribution in [2.45, 2.75) is 0 Å². The molecule has 9 nitrogen and oxygen atoms in total. The molecule has 0 spiro atoms. The van der Waals surface area contributed by atoms with E-state index in [4.69, 9.17) is 14.2 Å². The summed E-state index contributed by atoms with van der Waals surface area (Å²) in [7, 11) is 4.80. The van der Waals surface area contributed by atoms with Gasteiger partial charge in [-0.15, -0.1) is 10.2 Å². The molecule has 1 aromatic heterocycles. The van der Waals surface area contributed by atoms with Crippen LogP contribution >= 0.6 is 0 Å². The summed E-state index contributed by atoms with van der Waals surface area (Å²) in [4.78, 5) is 17.8. The number of anilines is 3. The van der Waals surface area contributed by atoms with Gasteiger partial charge < -0.3 is 29.3 Å². The minimum atomic E-state index is -0.352. The van der Waals surface area contributed by atoms with Gasteiger partial charge in [-0.25, -0.2) is 0 Å². The lowest BCUT2D eigenvalue weighted by Gasteiger charge is -2.37. The first-order valence-corrected chi connectivity index (χ1v) is 12.0. The number of rotatable bonds is 7. The number of hydrogen-bond acceptors (Lipinski definition) is 8. The van der Waals surface area contributed by atoms with Crippen molar-refractivity contribution in [3.63, 3.8) is 0 Å². The van der Waals surface area contributed by atoms with Crippen molar-refractivity contribution in [2.75, 3.05) is 62.6 Å². The average Bonchev–Trinajstić information content (AvgIpc) is 2.96. The standard InChI is InChI=1S/C28H29N5O4/c1-35-21-10-8-20(9-11-21)32-12-14-33(15-13-32)27-25-7-5-4-6-24(25)26(30-31-27)28(34)29-19-16-22(36-2)18-23(17-19)37-3/h4-11,16-18H,12-15H2,1-3H3,(H,29,34). The van der Waals surface area contributed by atoms with Crippen molar-refractivity contribution in [3.05, 3.63) is 72.4 Å². The van der Waals surface area contributed by atoms with Crippen LogP contribution in [0.5, 0.6) is 17.2 Å². The van der Waals surface area contributed by atoms with Crippen LogP contribution in [0.4, 0.5) is 17.2 Å². The zero-order valence-corrected chi connectivity index (χ0v) is 21.1. The van der Waals surface area contributed by atoms with Crippen LogP contribution in [0.2, 0.25) is 0 Å². The number of amides is 1. The molecule has 0 radical (unpaired) electrons. The highest BCUT2D eigenvalue weighted by atomic mass is 16.5. The highest BCUT2D eigenvalue weighted by Crippen LogP contribution is 2.30. The number of nitrogens with zero attached hydrogens (tertiary/aromatic N) is 4. The monoisotopic (exact) mass is 499 g/mol. The molecule has 1 aliphatic heterocycles. The molecule has 37 heavy (non-hydrogen) atoms. The van der Waals surface area contributed by atoms with E-state index in [1.807, 2.05) is 36.4 Å². The van der Waals surface area contributed by atoms with Gasteiger partial charge in [-0.3, -0.25) is 4.79 Å². The molecule has 3 aromatic carbocycles. The van der Waals surface area contributed by atoms with Crippen LogP contribution in [0.25, 0.3) is 10.8 Å². The summed E-state index contributed by atoms with van der Waals surface area (Å²) in [6.07, 6.45) is 0. The molecule has 1 fully saturated rings. The Morgan fingerprint density at radius 1 is 0.730 bits per heavy atom. The van der Waals surface area contributed by atoms with E-state index in [0.717, 1.165) is 54.2 Å². The largest absolute Gasteiger partial charge is 0.497 e. The molecule has 1 saturated heterocycles. The number of ether oxygens (including phenoxy) is 3. The molecule has 9 heteroatoms. The maximum absolute atomic E-state index is 13.2. The van der Waals surface area contributed by atoms with E-state index in [1.54, 1.807) is 39.5 Å². The van der Waals surface area contributed by atoms with E-state index < -0.39 is 0 Å². The van der Waals surface area contributed by atoms with Crippen molar-refractivity contribution in [3.8, 4) is 17.2 Å². The summed E-state index contributed by atoms with van der Waals surface area (Å²) in [6, 6.07) is 21.1. The fourth-order valence-electron chi connectivity index (χ4n) is 4.53. The molecule has 0 bridgehead atoms. The molecule has 5 rings (SSSR count). The molecule has 1 aliphatic rings. The third-order valence-electron chi connectivity index (χ3n) is 6.51. The zero-order valence-electron chi connectivity index (χ0n) is 21.1. The first kappa shape index (κ1) is 24.2. The molecule has 0 aliphatic carbocycles. The van der Waals surface area contributed by atoms with E-state index in [-0.39, 0.29) is 11.6 Å². The molecule has 1 amide bonds. The topological polar surface area (TPSA) is 89.1 Å². The Bertz CT molecular complexity index is 1380. The quantitative estimate of drug-likeness (QED) is 0.404. The van der Waals surface area contributed by atoms with Crippen molar-refractivity contribution in [1.29, 1.82) is 0 Å². The van der Waals surface area contributed by atoms with Gasteiger partial charge in [0.2, 0.25) is 0 Å². The number of carbonyl (C=O) groups excluding carboxylic acids is 1. The zero-order chi connectivity index (χ0) is 25.8. The van der Waals surface area contributed by atoms with Gasteiger partial charge in [0.15, 0.2) is 11.5 Å². The van der Waals surface area contributed by atoms with Crippen molar-refractivity contribution < 1.29 is 19.0 Å². The lowest BCUT2D eigenvalue weighted by molar-refractivity contribution is 0.102. The number of nitrogens with one attached hydrogen (secondary N) is 1. The molecule has 0 unspecified atom stereocenters. The van der Waals surface area contributed by atoms with Crippen LogP contribution in [0.3, 0.4) is 0 Å². The number of hydrogen-bond donors (Lipinski definition) is 1. The van der Waals surface area contributed by atoms with Gasteiger partial charge in [0.05, 0.1) is 21.3 Å². The van der Waals surface area contributed by atoms with Gasteiger partial charge in [-0.2, -0.15) is 0 Å². The lowest BCUT2D eigenvalue weighted by Crippen LogP contribution is -2.47. The molecule has 0 atom stereocenters. The number of benzene rings is 3. The van der Waals surface area contributed by atoms with E-state index in [2.05, 4.69) is 37.4 Å². The van der Waals surface area contributed by atoms with Gasteiger partial charge in [-0.05, 0) is 24.3 Å². The summed E-state index contributed by atoms with van der Waals surface area (Å²) >= 11 is 0. The van der Waals surface area contributed by atoms with Gasteiger partial charge in [0, 0.05) is 66.5 Å². The Kier molecular flexibility index (Phi) is 6.93. The molecular weight excluding hydrogens is 470 g/mol. The van der Waals surface area contributed by atoms with Gasteiger partial charge in [-0.1, -0.05) is 24.3 Å². The number of fused-ring (bicyclic) bond motifs is 1. The highest BCUT2D eigenvalue weighted by molar-refractivity contribution is 6.12. The fraction of sp³-hybridized carbons (Fsp3) is 0.250. The Morgan fingerprint density at radius 3 is 1.95 bits per heavy atom. The SMILES string of the molecule is COc1ccc(N2CCN(c3nnc(C(=O)Nc4cc(OC)cc(OC)c4)c4ccccc34)CC2)cc1. The Morgan fingerprint density at radius 2 is 1.32 bits per heavy atom. The van der Waals surface area contributed by atoms with Gasteiger partial charge in [0.1, 0.15) is 17.2 Å². The second-order valence-corrected chi connectivity index (χ2v) is 8.65. The minimum absolute atomic E-state index is 0.262. The summed E-state index contributed by atoms with van der Waals surface area (Å²) in [5.74, 6) is 2.43. The summed E-state index contributed by atoms with van der Waals surface area (Å²) in [6.45, 7) is 3.28. The second kappa shape index (κ2) is 10.6. The molecular formula is C28H29N5O4. The first-order valence-electron chi connectivity index (χ1n) is 12.0. The summed E-state index contributed by atoms with van der Waals surface area (Å²) < 4.78 is 15.9. The van der Waals surface area contributed by atoms with Crippen LogP contribution in [-0.4, -0.2) is 63.6 Å². The van der Waals surface area contributed by atoms with Crippen LogP contribution in [-0.2, 0) is 0 Å². The molecule has 2 heterocycles. The summed E-state index contributed by atoms with van der Waals surface area (Å²) in [5.41, 5.74) is 1.97.